The molecule has 2 saturated heterocycles. The average Bonchev–Trinajstić information content (AvgIpc) is 3.43. The minimum absolute atomic E-state index is 0.00798. The number of carbonyl (C=O) groups is 2. The van der Waals surface area contributed by atoms with Gasteiger partial charge in [0.05, 0.1) is 31.2 Å². The first-order chi connectivity index (χ1) is 17.9. The van der Waals surface area contributed by atoms with Crippen molar-refractivity contribution in [2.45, 2.75) is 76.9 Å². The van der Waals surface area contributed by atoms with Crippen LogP contribution in [0.15, 0.2) is 34.9 Å². The van der Waals surface area contributed by atoms with Gasteiger partial charge in [-0.05, 0) is 67.4 Å². The van der Waals surface area contributed by atoms with Gasteiger partial charge in [0.2, 0.25) is 11.8 Å². The van der Waals surface area contributed by atoms with Gasteiger partial charge >= 0.3 is 0 Å². The summed E-state index contributed by atoms with van der Waals surface area (Å²) in [5.74, 6) is -1.66. The van der Waals surface area contributed by atoms with E-state index in [9.17, 15) is 19.1 Å². The van der Waals surface area contributed by atoms with E-state index in [4.69, 9.17) is 9.47 Å². The number of phenolic OH excluding ortho intramolecular Hbond substituents is 1. The van der Waals surface area contributed by atoms with Crippen LogP contribution in [0.2, 0.25) is 0 Å². The van der Waals surface area contributed by atoms with E-state index in [-0.39, 0.29) is 47.5 Å². The number of hydrogen-bond acceptors (Lipinski definition) is 5. The molecule has 37 heavy (non-hydrogen) atoms. The van der Waals surface area contributed by atoms with E-state index in [2.05, 4.69) is 6.92 Å². The van der Waals surface area contributed by atoms with E-state index in [1.54, 1.807) is 18.1 Å². The topological polar surface area (TPSA) is 76.1 Å². The van der Waals surface area contributed by atoms with E-state index in [1.165, 1.54) is 24.1 Å². The molecule has 200 valence electrons. The van der Waals surface area contributed by atoms with Gasteiger partial charge < -0.3 is 14.6 Å². The fourth-order valence-electron chi connectivity index (χ4n) is 7.02. The molecule has 7 heteroatoms. The smallest absolute Gasteiger partial charge is 0.234 e. The minimum atomic E-state index is -0.629. The molecule has 0 aromatic heterocycles. The lowest BCUT2D eigenvalue weighted by molar-refractivity contribution is -0.143. The number of phenols is 1. The number of likely N-dealkylation sites (tertiary alicyclic amines) is 1. The van der Waals surface area contributed by atoms with E-state index < -0.39 is 5.82 Å². The molecule has 6 nitrogen and oxygen atoms in total. The van der Waals surface area contributed by atoms with Crippen LogP contribution in [0.5, 0.6) is 5.75 Å². The van der Waals surface area contributed by atoms with E-state index in [0.29, 0.717) is 19.6 Å². The van der Waals surface area contributed by atoms with Gasteiger partial charge in [-0.1, -0.05) is 43.9 Å². The van der Waals surface area contributed by atoms with Crippen LogP contribution in [0.3, 0.4) is 0 Å². The highest BCUT2D eigenvalue weighted by Crippen LogP contribution is 2.50. The van der Waals surface area contributed by atoms with Crippen molar-refractivity contribution in [2.24, 2.45) is 17.8 Å². The van der Waals surface area contributed by atoms with Crippen LogP contribution < -0.4 is 0 Å². The number of hydrogen-bond donors (Lipinski definition) is 1. The molecule has 1 aromatic carbocycles. The molecule has 0 spiro atoms. The highest BCUT2D eigenvalue weighted by Gasteiger charge is 2.58. The first-order valence-electron chi connectivity index (χ1n) is 13.8. The number of benzene rings is 1. The fraction of sp³-hybridized carbons (Fsp3) is 0.600. The van der Waals surface area contributed by atoms with Crippen LogP contribution in [-0.2, 0) is 19.1 Å². The summed E-state index contributed by atoms with van der Waals surface area (Å²) in [6, 6.07) is 4.47. The Balaban J connectivity index is 1.35. The van der Waals surface area contributed by atoms with Crippen molar-refractivity contribution in [1.82, 2.24) is 4.90 Å². The van der Waals surface area contributed by atoms with Gasteiger partial charge in [-0.2, -0.15) is 0 Å². The standard InChI is InChI=1S/C30H38FNO5/c1-3-18(13-19-9-11-25(33)24(31)14-19)10-12-26-27-20(16-36-2)15-22-28(23(27)17-37-26)30(35)32(29(22)34)21-7-5-4-6-8-21/h9,11,13-14,21-23,26,28,33H,3-8,10,12,15-17H2,1-2H3/b18-13+/t22-,23+,26-,28-/m1/s1. The van der Waals surface area contributed by atoms with Crippen molar-refractivity contribution >= 4 is 17.9 Å². The maximum absolute atomic E-state index is 13.8. The minimum Gasteiger partial charge on any atom is -0.505 e. The highest BCUT2D eigenvalue weighted by atomic mass is 19.1. The largest absolute Gasteiger partial charge is 0.505 e. The zero-order valence-electron chi connectivity index (χ0n) is 21.9. The van der Waals surface area contributed by atoms with Crippen molar-refractivity contribution < 1.29 is 28.6 Å². The summed E-state index contributed by atoms with van der Waals surface area (Å²) in [6.45, 7) is 2.98. The molecule has 2 aliphatic carbocycles. The lowest BCUT2D eigenvalue weighted by Gasteiger charge is -2.31. The predicted octanol–water partition coefficient (Wildman–Crippen LogP) is 5.40. The predicted molar refractivity (Wildman–Crippen MR) is 138 cm³/mol. The molecule has 3 fully saturated rings. The van der Waals surface area contributed by atoms with E-state index in [1.807, 2.05) is 6.08 Å². The zero-order valence-corrected chi connectivity index (χ0v) is 21.9. The van der Waals surface area contributed by atoms with Crippen molar-refractivity contribution in [3.63, 3.8) is 0 Å². The lowest BCUT2D eigenvalue weighted by Crippen LogP contribution is -2.42. The number of halogens is 1. The van der Waals surface area contributed by atoms with Crippen molar-refractivity contribution in [3.05, 3.63) is 46.3 Å². The van der Waals surface area contributed by atoms with E-state index >= 15 is 0 Å². The quantitative estimate of drug-likeness (QED) is 0.374. The molecule has 0 unspecified atom stereocenters. The number of nitrogens with zero attached hydrogens (tertiary/aromatic N) is 1. The number of carbonyl (C=O) groups excluding carboxylic acids is 2. The number of rotatable bonds is 8. The summed E-state index contributed by atoms with van der Waals surface area (Å²) in [7, 11) is 1.67. The third-order valence-electron chi connectivity index (χ3n) is 8.82. The highest BCUT2D eigenvalue weighted by molar-refractivity contribution is 6.06. The van der Waals surface area contributed by atoms with Crippen LogP contribution in [-0.4, -0.2) is 54.3 Å². The molecule has 0 bridgehead atoms. The molecule has 1 aromatic rings. The van der Waals surface area contributed by atoms with Gasteiger partial charge in [0.15, 0.2) is 11.6 Å². The first-order valence-corrected chi connectivity index (χ1v) is 13.8. The van der Waals surface area contributed by atoms with Gasteiger partial charge in [-0.25, -0.2) is 4.39 Å². The maximum atomic E-state index is 13.8. The number of fused-ring (bicyclic) bond motifs is 3. The van der Waals surface area contributed by atoms with Gasteiger partial charge in [0.25, 0.3) is 0 Å². The van der Waals surface area contributed by atoms with Gasteiger partial charge in [0.1, 0.15) is 0 Å². The summed E-state index contributed by atoms with van der Waals surface area (Å²) >= 11 is 0. The van der Waals surface area contributed by atoms with Crippen LogP contribution in [0.25, 0.3) is 6.08 Å². The molecule has 2 amide bonds. The number of allylic oxidation sites excluding steroid dienone is 1. The van der Waals surface area contributed by atoms with Gasteiger partial charge in [-0.15, -0.1) is 0 Å². The summed E-state index contributed by atoms with van der Waals surface area (Å²) in [4.78, 5) is 28.8. The molecule has 1 saturated carbocycles. The molecular weight excluding hydrogens is 473 g/mol. The summed E-state index contributed by atoms with van der Waals surface area (Å²) < 4.78 is 25.7. The van der Waals surface area contributed by atoms with E-state index in [0.717, 1.165) is 61.7 Å². The molecule has 4 aliphatic rings. The number of methoxy groups -OCH3 is 1. The van der Waals surface area contributed by atoms with Crippen molar-refractivity contribution in [1.29, 1.82) is 0 Å². The summed E-state index contributed by atoms with van der Waals surface area (Å²) in [6.07, 6.45) is 9.94. The second-order valence-corrected chi connectivity index (χ2v) is 11.0. The Morgan fingerprint density at radius 2 is 1.97 bits per heavy atom. The third-order valence-corrected chi connectivity index (χ3v) is 8.82. The molecule has 2 heterocycles. The third kappa shape index (κ3) is 5.00. The summed E-state index contributed by atoms with van der Waals surface area (Å²) in [5, 5.41) is 9.48. The average molecular weight is 512 g/mol. The Labute approximate surface area is 218 Å². The Bertz CT molecular complexity index is 1110. The van der Waals surface area contributed by atoms with Crippen LogP contribution in [0.4, 0.5) is 4.39 Å². The first kappa shape index (κ1) is 26.1. The second kappa shape index (κ2) is 11.1. The maximum Gasteiger partial charge on any atom is 0.234 e. The molecular formula is C30H38FNO5. The van der Waals surface area contributed by atoms with Crippen molar-refractivity contribution in [3.8, 4) is 5.75 Å². The number of aromatic hydroxyl groups is 1. The van der Waals surface area contributed by atoms with Crippen LogP contribution >= 0.6 is 0 Å². The molecule has 4 atom stereocenters. The SMILES string of the molecule is CC/C(=C\c1ccc(O)c(F)c1)CC[C@H]1OC[C@H]2C1=C(COC)C[C@H]1C(=O)N(C3CCCCC3)C(=O)[C@H]12. The Morgan fingerprint density at radius 1 is 1.19 bits per heavy atom. The molecule has 0 radical (unpaired) electrons. The number of ether oxygens (including phenoxy) is 2. The van der Waals surface area contributed by atoms with Gasteiger partial charge in [0, 0.05) is 19.1 Å². The second-order valence-electron chi connectivity index (χ2n) is 11.0. The molecule has 2 aliphatic heterocycles. The van der Waals surface area contributed by atoms with Crippen LogP contribution in [0.1, 0.15) is 70.3 Å². The Morgan fingerprint density at radius 3 is 2.68 bits per heavy atom. The zero-order chi connectivity index (χ0) is 26.1. The fourth-order valence-corrected chi connectivity index (χ4v) is 7.02. The van der Waals surface area contributed by atoms with Crippen LogP contribution in [0, 0.1) is 23.6 Å². The lowest BCUT2D eigenvalue weighted by atomic mass is 9.69. The monoisotopic (exact) mass is 511 g/mol. The number of amides is 2. The Hall–Kier alpha value is -2.51. The Kier molecular flexibility index (Phi) is 7.82. The van der Waals surface area contributed by atoms with Gasteiger partial charge in [-0.3, -0.25) is 14.5 Å². The molecule has 5 rings (SSSR count). The summed E-state index contributed by atoms with van der Waals surface area (Å²) in [5.41, 5.74) is 4.16. The van der Waals surface area contributed by atoms with Crippen molar-refractivity contribution in [2.75, 3.05) is 20.3 Å². The number of imide groups is 1. The normalized spacial score (nSPS) is 28.7. The molecule has 1 N–H and O–H groups in total.